The number of anilines is 2. The van der Waals surface area contributed by atoms with Crippen LogP contribution in [0, 0.1) is 13.8 Å². The first kappa shape index (κ1) is 21.9. The molecule has 0 aromatic heterocycles. The first-order chi connectivity index (χ1) is 15.5. The summed E-state index contributed by atoms with van der Waals surface area (Å²) in [6.07, 6.45) is 0. The monoisotopic (exact) mass is 429 g/mol. The van der Waals surface area contributed by atoms with Crippen LogP contribution in [0.25, 0.3) is 0 Å². The lowest BCUT2D eigenvalue weighted by Crippen LogP contribution is -2.46. The molecule has 1 amide bonds. The average molecular weight is 430 g/mol. The zero-order chi connectivity index (χ0) is 22.5. The van der Waals surface area contributed by atoms with E-state index in [-0.39, 0.29) is 5.91 Å². The smallest absolute Gasteiger partial charge is 0.255 e. The zero-order valence-electron chi connectivity index (χ0n) is 19.1. The summed E-state index contributed by atoms with van der Waals surface area (Å²) in [6.45, 7) is 8.84. The lowest BCUT2D eigenvalue weighted by molar-refractivity contribution is 0.102. The van der Waals surface area contributed by atoms with Crippen molar-refractivity contribution in [3.05, 3.63) is 89.0 Å². The van der Waals surface area contributed by atoms with Crippen LogP contribution in [-0.4, -0.2) is 44.1 Å². The van der Waals surface area contributed by atoms with Crippen LogP contribution in [0.5, 0.6) is 5.75 Å². The molecule has 0 radical (unpaired) electrons. The predicted molar refractivity (Wildman–Crippen MR) is 131 cm³/mol. The average Bonchev–Trinajstić information content (AvgIpc) is 2.82. The second-order valence-electron chi connectivity index (χ2n) is 8.40. The molecule has 3 aromatic rings. The molecule has 166 valence electrons. The van der Waals surface area contributed by atoms with Gasteiger partial charge in [-0.15, -0.1) is 0 Å². The number of nitrogens with zero attached hydrogens (tertiary/aromatic N) is 2. The number of hydrogen-bond acceptors (Lipinski definition) is 4. The minimum absolute atomic E-state index is 0.0735. The molecule has 0 bridgehead atoms. The van der Waals surface area contributed by atoms with Crippen LogP contribution in [0.3, 0.4) is 0 Å². The number of aryl methyl sites for hydroxylation is 2. The number of methoxy groups -OCH3 is 1. The van der Waals surface area contributed by atoms with E-state index in [1.807, 2.05) is 50.2 Å². The first-order valence-corrected chi connectivity index (χ1v) is 11.1. The standard InChI is InChI=1S/C27H31N3O2/c1-20-8-9-21(2)24(18-20)28-27(31)23-12-10-22(11-13-23)19-29-14-16-30(17-15-29)25-6-4-5-7-26(25)32-3/h4-13,18H,14-17,19H2,1-3H3,(H,28,31). The Labute approximate surface area is 190 Å². The normalized spacial score (nSPS) is 14.3. The summed E-state index contributed by atoms with van der Waals surface area (Å²) in [5, 5.41) is 3.03. The van der Waals surface area contributed by atoms with E-state index in [2.05, 4.69) is 45.4 Å². The number of para-hydroxylation sites is 2. The molecule has 1 heterocycles. The Kier molecular flexibility index (Phi) is 6.76. The fraction of sp³-hybridized carbons (Fsp3) is 0.296. The van der Waals surface area contributed by atoms with E-state index in [9.17, 15) is 4.79 Å². The molecule has 1 saturated heterocycles. The van der Waals surface area contributed by atoms with Gasteiger partial charge in [-0.25, -0.2) is 0 Å². The molecular weight excluding hydrogens is 398 g/mol. The predicted octanol–water partition coefficient (Wildman–Crippen LogP) is 4.89. The maximum atomic E-state index is 12.7. The fourth-order valence-corrected chi connectivity index (χ4v) is 4.12. The van der Waals surface area contributed by atoms with Gasteiger partial charge in [0.05, 0.1) is 12.8 Å². The Morgan fingerprint density at radius 1 is 0.938 bits per heavy atom. The zero-order valence-corrected chi connectivity index (χ0v) is 19.1. The molecule has 0 aliphatic carbocycles. The van der Waals surface area contributed by atoms with E-state index in [1.165, 1.54) is 5.56 Å². The molecule has 5 nitrogen and oxygen atoms in total. The number of carbonyl (C=O) groups excluding carboxylic acids is 1. The van der Waals surface area contributed by atoms with Gasteiger partial charge >= 0.3 is 0 Å². The summed E-state index contributed by atoms with van der Waals surface area (Å²) in [4.78, 5) is 17.5. The Bertz CT molecular complexity index is 1070. The van der Waals surface area contributed by atoms with Crippen molar-refractivity contribution >= 4 is 17.3 Å². The number of ether oxygens (including phenoxy) is 1. The topological polar surface area (TPSA) is 44.8 Å². The molecule has 0 spiro atoms. The molecule has 32 heavy (non-hydrogen) atoms. The molecule has 0 atom stereocenters. The van der Waals surface area contributed by atoms with Gasteiger partial charge in [-0.1, -0.05) is 36.4 Å². The molecule has 5 heteroatoms. The number of piperazine rings is 1. The lowest BCUT2D eigenvalue weighted by Gasteiger charge is -2.36. The summed E-state index contributed by atoms with van der Waals surface area (Å²) in [5.74, 6) is 0.853. The quantitative estimate of drug-likeness (QED) is 0.606. The third-order valence-corrected chi connectivity index (χ3v) is 6.06. The van der Waals surface area contributed by atoms with Crippen LogP contribution in [0.2, 0.25) is 0 Å². The van der Waals surface area contributed by atoms with Crippen LogP contribution in [0.15, 0.2) is 66.7 Å². The van der Waals surface area contributed by atoms with Crippen molar-refractivity contribution in [1.29, 1.82) is 0 Å². The van der Waals surface area contributed by atoms with Gasteiger partial charge in [0.15, 0.2) is 0 Å². The lowest BCUT2D eigenvalue weighted by atomic mass is 10.1. The Morgan fingerprint density at radius 3 is 2.38 bits per heavy atom. The second kappa shape index (κ2) is 9.88. The summed E-state index contributed by atoms with van der Waals surface area (Å²) >= 11 is 0. The number of carbonyl (C=O) groups is 1. The van der Waals surface area contributed by atoms with Gasteiger partial charge in [-0.2, -0.15) is 0 Å². The molecule has 0 unspecified atom stereocenters. The summed E-state index contributed by atoms with van der Waals surface area (Å²) in [7, 11) is 1.72. The molecule has 4 rings (SSSR count). The van der Waals surface area contributed by atoms with E-state index in [4.69, 9.17) is 4.74 Å². The number of nitrogens with one attached hydrogen (secondary N) is 1. The number of benzene rings is 3. The van der Waals surface area contributed by atoms with Crippen molar-refractivity contribution in [3.63, 3.8) is 0 Å². The van der Waals surface area contributed by atoms with Gasteiger partial charge in [0.25, 0.3) is 5.91 Å². The van der Waals surface area contributed by atoms with Crippen LogP contribution < -0.4 is 15.0 Å². The molecule has 1 aliphatic heterocycles. The first-order valence-electron chi connectivity index (χ1n) is 11.1. The summed E-state index contributed by atoms with van der Waals surface area (Å²) < 4.78 is 5.51. The third kappa shape index (κ3) is 5.11. The molecule has 3 aromatic carbocycles. The highest BCUT2D eigenvalue weighted by Crippen LogP contribution is 2.28. The van der Waals surface area contributed by atoms with Crippen molar-refractivity contribution in [2.45, 2.75) is 20.4 Å². The molecule has 0 saturated carbocycles. The van der Waals surface area contributed by atoms with Crippen molar-refractivity contribution in [2.75, 3.05) is 43.5 Å². The third-order valence-electron chi connectivity index (χ3n) is 6.06. The van der Waals surface area contributed by atoms with Crippen LogP contribution in [-0.2, 0) is 6.54 Å². The number of rotatable bonds is 6. The van der Waals surface area contributed by atoms with E-state index in [0.29, 0.717) is 5.56 Å². The maximum Gasteiger partial charge on any atom is 0.255 e. The highest BCUT2D eigenvalue weighted by Gasteiger charge is 2.19. The largest absolute Gasteiger partial charge is 0.495 e. The summed E-state index contributed by atoms with van der Waals surface area (Å²) in [5.41, 5.74) is 6.12. The van der Waals surface area contributed by atoms with E-state index in [0.717, 1.165) is 61.0 Å². The SMILES string of the molecule is COc1ccccc1N1CCN(Cc2ccc(C(=O)Nc3cc(C)ccc3C)cc2)CC1. The van der Waals surface area contributed by atoms with E-state index < -0.39 is 0 Å². The second-order valence-corrected chi connectivity index (χ2v) is 8.40. The fourth-order valence-electron chi connectivity index (χ4n) is 4.12. The van der Waals surface area contributed by atoms with Crippen molar-refractivity contribution in [2.24, 2.45) is 0 Å². The van der Waals surface area contributed by atoms with Crippen LogP contribution in [0.1, 0.15) is 27.0 Å². The number of hydrogen-bond donors (Lipinski definition) is 1. The van der Waals surface area contributed by atoms with Crippen molar-refractivity contribution in [3.8, 4) is 5.75 Å². The van der Waals surface area contributed by atoms with Gasteiger partial charge in [0, 0.05) is 44.0 Å². The Hall–Kier alpha value is -3.31. The molecular formula is C27H31N3O2. The van der Waals surface area contributed by atoms with Gasteiger partial charge in [-0.3, -0.25) is 9.69 Å². The minimum Gasteiger partial charge on any atom is -0.495 e. The number of amides is 1. The van der Waals surface area contributed by atoms with Gasteiger partial charge in [0.2, 0.25) is 0 Å². The van der Waals surface area contributed by atoms with E-state index >= 15 is 0 Å². The van der Waals surface area contributed by atoms with Gasteiger partial charge < -0.3 is 15.0 Å². The Morgan fingerprint density at radius 2 is 1.66 bits per heavy atom. The van der Waals surface area contributed by atoms with Gasteiger partial charge in [-0.05, 0) is 60.9 Å². The Balaban J connectivity index is 1.32. The van der Waals surface area contributed by atoms with Crippen LogP contribution in [0.4, 0.5) is 11.4 Å². The molecule has 1 N–H and O–H groups in total. The molecule has 1 aliphatic rings. The van der Waals surface area contributed by atoms with E-state index in [1.54, 1.807) is 7.11 Å². The summed E-state index contributed by atoms with van der Waals surface area (Å²) in [6, 6.07) is 22.2. The van der Waals surface area contributed by atoms with Crippen molar-refractivity contribution in [1.82, 2.24) is 4.90 Å². The van der Waals surface area contributed by atoms with Crippen molar-refractivity contribution < 1.29 is 9.53 Å². The highest BCUT2D eigenvalue weighted by molar-refractivity contribution is 6.04. The highest BCUT2D eigenvalue weighted by atomic mass is 16.5. The maximum absolute atomic E-state index is 12.7. The minimum atomic E-state index is -0.0735. The van der Waals surface area contributed by atoms with Gasteiger partial charge in [0.1, 0.15) is 5.75 Å². The molecule has 1 fully saturated rings. The van der Waals surface area contributed by atoms with Crippen LogP contribution >= 0.6 is 0 Å².